The lowest BCUT2D eigenvalue weighted by Gasteiger charge is -2.34. The topological polar surface area (TPSA) is 41.6 Å². The van der Waals surface area contributed by atoms with Crippen molar-refractivity contribution in [2.45, 2.75) is 45.1 Å². The third-order valence-electron chi connectivity index (χ3n) is 5.22. The summed E-state index contributed by atoms with van der Waals surface area (Å²) in [6, 6.07) is 0. The number of hydrogen-bond acceptors (Lipinski definition) is 4. The Morgan fingerprint density at radius 3 is 2.65 bits per heavy atom. The molecule has 116 valence electrons. The third-order valence-corrected chi connectivity index (χ3v) is 5.22. The summed E-state index contributed by atoms with van der Waals surface area (Å²) in [5, 5.41) is 3.28. The first-order valence-electron chi connectivity index (χ1n) is 8.00. The molecular weight excluding hydrogens is 252 g/mol. The Morgan fingerprint density at radius 2 is 2.15 bits per heavy atom. The van der Waals surface area contributed by atoms with Gasteiger partial charge in [0, 0.05) is 13.1 Å². The largest absolute Gasteiger partial charge is 0.468 e. The number of hydrogen-bond donors (Lipinski definition) is 1. The highest BCUT2D eigenvalue weighted by Gasteiger charge is 2.41. The van der Waals surface area contributed by atoms with Gasteiger partial charge in [-0.15, -0.1) is 0 Å². The molecule has 0 saturated heterocycles. The first-order valence-corrected chi connectivity index (χ1v) is 8.00. The van der Waals surface area contributed by atoms with E-state index in [1.165, 1.54) is 32.8 Å². The summed E-state index contributed by atoms with van der Waals surface area (Å²) in [4.78, 5) is 14.3. The maximum atomic E-state index is 12.0. The van der Waals surface area contributed by atoms with Crippen LogP contribution in [0.2, 0.25) is 0 Å². The Morgan fingerprint density at radius 1 is 1.40 bits per heavy atom. The summed E-state index contributed by atoms with van der Waals surface area (Å²) < 4.78 is 4.96. The van der Waals surface area contributed by atoms with Crippen LogP contribution < -0.4 is 5.32 Å². The van der Waals surface area contributed by atoms with Crippen LogP contribution in [-0.2, 0) is 9.53 Å². The van der Waals surface area contributed by atoms with E-state index in [0.717, 1.165) is 30.8 Å². The number of methoxy groups -OCH3 is 1. The second-order valence-electron chi connectivity index (χ2n) is 6.99. The summed E-state index contributed by atoms with van der Waals surface area (Å²) in [7, 11) is 3.60. The van der Waals surface area contributed by atoms with Gasteiger partial charge in [-0.2, -0.15) is 0 Å². The van der Waals surface area contributed by atoms with Crippen LogP contribution in [0.15, 0.2) is 0 Å². The molecule has 2 aliphatic rings. The summed E-state index contributed by atoms with van der Waals surface area (Å²) in [5.41, 5.74) is -0.601. The van der Waals surface area contributed by atoms with E-state index in [1.807, 2.05) is 13.8 Å². The Balaban J connectivity index is 1.88. The molecule has 1 N–H and O–H groups in total. The smallest absolute Gasteiger partial charge is 0.327 e. The fourth-order valence-electron chi connectivity index (χ4n) is 4.41. The molecule has 4 atom stereocenters. The number of nitrogens with one attached hydrogen (secondary N) is 1. The molecule has 0 aliphatic heterocycles. The fraction of sp³-hybridized carbons (Fsp3) is 0.938. The molecule has 2 saturated carbocycles. The number of fused-ring (bicyclic) bond motifs is 2. The molecule has 0 heterocycles. The van der Waals surface area contributed by atoms with Crippen LogP contribution in [0.4, 0.5) is 0 Å². The predicted molar refractivity (Wildman–Crippen MR) is 80.5 cm³/mol. The number of carbonyl (C=O) groups excluding carboxylic acids is 1. The average Bonchev–Trinajstić information content (AvgIpc) is 2.99. The lowest BCUT2D eigenvalue weighted by Crippen LogP contribution is -2.57. The Hall–Kier alpha value is -0.610. The van der Waals surface area contributed by atoms with Crippen LogP contribution in [0.25, 0.3) is 0 Å². The van der Waals surface area contributed by atoms with Gasteiger partial charge in [0.15, 0.2) is 0 Å². The molecule has 4 nitrogen and oxygen atoms in total. The molecule has 2 bridgehead atoms. The first-order chi connectivity index (χ1) is 9.48. The lowest BCUT2D eigenvalue weighted by atomic mass is 9.88. The molecule has 2 rings (SSSR count). The van der Waals surface area contributed by atoms with Crippen molar-refractivity contribution in [1.82, 2.24) is 10.2 Å². The molecule has 0 aromatic carbocycles. The van der Waals surface area contributed by atoms with Gasteiger partial charge in [-0.3, -0.25) is 4.79 Å². The van der Waals surface area contributed by atoms with E-state index in [2.05, 4.69) is 17.3 Å². The minimum atomic E-state index is -0.601. The molecular formula is C16H30N2O2. The number of esters is 1. The van der Waals surface area contributed by atoms with Crippen molar-refractivity contribution in [3.8, 4) is 0 Å². The van der Waals surface area contributed by atoms with Crippen molar-refractivity contribution in [2.24, 2.45) is 17.8 Å². The fourth-order valence-corrected chi connectivity index (χ4v) is 4.41. The number of rotatable bonds is 7. The van der Waals surface area contributed by atoms with Gasteiger partial charge in [-0.1, -0.05) is 13.3 Å². The monoisotopic (exact) mass is 282 g/mol. The van der Waals surface area contributed by atoms with E-state index >= 15 is 0 Å². The average molecular weight is 282 g/mol. The summed E-state index contributed by atoms with van der Waals surface area (Å²) in [6.07, 6.45) is 5.71. The van der Waals surface area contributed by atoms with Crippen molar-refractivity contribution in [3.05, 3.63) is 0 Å². The number of ether oxygens (including phenoxy) is 1. The van der Waals surface area contributed by atoms with Crippen LogP contribution in [0.5, 0.6) is 0 Å². The van der Waals surface area contributed by atoms with Crippen LogP contribution in [-0.4, -0.2) is 50.2 Å². The van der Waals surface area contributed by atoms with Crippen molar-refractivity contribution in [1.29, 1.82) is 0 Å². The molecule has 2 fully saturated rings. The Bertz CT molecular complexity index is 347. The van der Waals surface area contributed by atoms with Crippen molar-refractivity contribution < 1.29 is 9.53 Å². The standard InChI is InChI=1S/C16H30N2O2/c1-5-17-16(2,15(19)20-4)11-18(3)10-14-9-12-6-7-13(14)8-12/h12-14,17H,5-11H2,1-4H3. The zero-order chi connectivity index (χ0) is 14.8. The van der Waals surface area contributed by atoms with E-state index < -0.39 is 5.54 Å². The van der Waals surface area contributed by atoms with Crippen LogP contribution in [0.3, 0.4) is 0 Å². The third kappa shape index (κ3) is 3.34. The maximum Gasteiger partial charge on any atom is 0.327 e. The molecule has 2 aliphatic carbocycles. The molecule has 4 unspecified atom stereocenters. The van der Waals surface area contributed by atoms with Gasteiger partial charge in [0.1, 0.15) is 5.54 Å². The second kappa shape index (κ2) is 6.44. The van der Waals surface area contributed by atoms with E-state index in [1.54, 1.807) is 0 Å². The van der Waals surface area contributed by atoms with E-state index in [-0.39, 0.29) is 5.97 Å². The SMILES string of the molecule is CCNC(C)(CN(C)CC1CC2CCC1C2)C(=O)OC. The van der Waals surface area contributed by atoms with Crippen LogP contribution in [0, 0.1) is 17.8 Å². The number of nitrogens with zero attached hydrogens (tertiary/aromatic N) is 1. The lowest BCUT2D eigenvalue weighted by molar-refractivity contribution is -0.148. The quantitative estimate of drug-likeness (QED) is 0.724. The normalized spacial score (nSPS) is 31.6. The van der Waals surface area contributed by atoms with Gasteiger partial charge < -0.3 is 15.0 Å². The van der Waals surface area contributed by atoms with Crippen LogP contribution in [0.1, 0.15) is 39.5 Å². The molecule has 20 heavy (non-hydrogen) atoms. The summed E-state index contributed by atoms with van der Waals surface area (Å²) in [5.74, 6) is 2.59. The maximum absolute atomic E-state index is 12.0. The van der Waals surface area contributed by atoms with Crippen molar-refractivity contribution in [3.63, 3.8) is 0 Å². The summed E-state index contributed by atoms with van der Waals surface area (Å²) >= 11 is 0. The van der Waals surface area contributed by atoms with Gasteiger partial charge in [0.25, 0.3) is 0 Å². The van der Waals surface area contributed by atoms with Gasteiger partial charge in [-0.05, 0) is 57.5 Å². The molecule has 0 amide bonds. The predicted octanol–water partition coefficient (Wildman–Crippen LogP) is 1.90. The van der Waals surface area contributed by atoms with Crippen molar-refractivity contribution in [2.75, 3.05) is 33.8 Å². The number of carbonyl (C=O) groups is 1. The van der Waals surface area contributed by atoms with Gasteiger partial charge in [0.05, 0.1) is 7.11 Å². The van der Waals surface area contributed by atoms with Gasteiger partial charge >= 0.3 is 5.97 Å². The van der Waals surface area contributed by atoms with E-state index in [9.17, 15) is 4.79 Å². The molecule has 0 radical (unpaired) electrons. The minimum Gasteiger partial charge on any atom is -0.468 e. The molecule has 0 aromatic rings. The van der Waals surface area contributed by atoms with E-state index in [0.29, 0.717) is 6.54 Å². The summed E-state index contributed by atoms with van der Waals surface area (Å²) in [6.45, 7) is 6.56. The highest BCUT2D eigenvalue weighted by molar-refractivity contribution is 5.80. The molecule has 0 aromatic heterocycles. The molecule has 0 spiro atoms. The Labute approximate surface area is 123 Å². The van der Waals surface area contributed by atoms with Crippen LogP contribution >= 0.6 is 0 Å². The second-order valence-corrected chi connectivity index (χ2v) is 6.99. The van der Waals surface area contributed by atoms with E-state index in [4.69, 9.17) is 4.74 Å². The molecule has 4 heteroatoms. The van der Waals surface area contributed by atoms with Gasteiger partial charge in [0.2, 0.25) is 0 Å². The first kappa shape index (κ1) is 15.8. The number of likely N-dealkylation sites (N-methyl/N-ethyl adjacent to an activating group) is 2. The zero-order valence-electron chi connectivity index (χ0n) is 13.4. The van der Waals surface area contributed by atoms with Crippen molar-refractivity contribution >= 4 is 5.97 Å². The van der Waals surface area contributed by atoms with Gasteiger partial charge in [-0.25, -0.2) is 0 Å². The minimum absolute atomic E-state index is 0.167. The highest BCUT2D eigenvalue weighted by atomic mass is 16.5. The zero-order valence-corrected chi connectivity index (χ0v) is 13.4. The highest BCUT2D eigenvalue weighted by Crippen LogP contribution is 2.48. The Kier molecular flexibility index (Phi) is 5.08.